The van der Waals surface area contributed by atoms with E-state index in [2.05, 4.69) is 10.3 Å². The third-order valence-electron chi connectivity index (χ3n) is 1.68. The Morgan fingerprint density at radius 1 is 1.60 bits per heavy atom. The molecule has 6 nitrogen and oxygen atoms in total. The van der Waals surface area contributed by atoms with E-state index >= 15 is 0 Å². The largest absolute Gasteiger partial charge is 0.368 e. The van der Waals surface area contributed by atoms with Gasteiger partial charge in [0.1, 0.15) is 12.0 Å². The highest BCUT2D eigenvalue weighted by Crippen LogP contribution is 2.12. The molecule has 0 saturated carbocycles. The van der Waals surface area contributed by atoms with Gasteiger partial charge in [0.15, 0.2) is 0 Å². The molecule has 6 heteroatoms. The van der Waals surface area contributed by atoms with Gasteiger partial charge in [0, 0.05) is 18.2 Å². The highest BCUT2D eigenvalue weighted by atomic mass is 16.6. The van der Waals surface area contributed by atoms with E-state index in [-0.39, 0.29) is 11.2 Å². The molecule has 0 unspecified atom stereocenters. The molecule has 0 spiro atoms. The van der Waals surface area contributed by atoms with Gasteiger partial charge in [-0.25, -0.2) is 4.98 Å². The van der Waals surface area contributed by atoms with E-state index in [9.17, 15) is 10.1 Å². The Balaban J connectivity index is 2.61. The third-order valence-corrected chi connectivity index (χ3v) is 1.68. The molecule has 1 aromatic heterocycles. The second-order valence-electron chi connectivity index (χ2n) is 4.00. The van der Waals surface area contributed by atoms with Gasteiger partial charge in [0.25, 0.3) is 5.69 Å². The number of nitrogens with zero attached hydrogens (tertiary/aromatic N) is 2. The molecule has 1 rings (SSSR count). The van der Waals surface area contributed by atoms with Crippen LogP contribution >= 0.6 is 0 Å². The van der Waals surface area contributed by atoms with Crippen LogP contribution in [0.4, 0.5) is 11.5 Å². The van der Waals surface area contributed by atoms with Gasteiger partial charge >= 0.3 is 0 Å². The zero-order valence-corrected chi connectivity index (χ0v) is 8.73. The van der Waals surface area contributed by atoms with Crippen LogP contribution in [0.2, 0.25) is 0 Å². The minimum atomic E-state index is -0.482. The van der Waals surface area contributed by atoms with Crippen molar-refractivity contribution < 1.29 is 4.92 Å². The normalized spacial score (nSPS) is 11.1. The smallest absolute Gasteiger partial charge is 0.287 e. The van der Waals surface area contributed by atoms with Gasteiger partial charge in [-0.2, -0.15) is 0 Å². The summed E-state index contributed by atoms with van der Waals surface area (Å²) in [6.45, 7) is 4.31. The molecular weight excluding hydrogens is 196 g/mol. The topological polar surface area (TPSA) is 94.1 Å². The zero-order valence-electron chi connectivity index (χ0n) is 8.73. The predicted octanol–water partition coefficient (Wildman–Crippen LogP) is 1.14. The summed E-state index contributed by atoms with van der Waals surface area (Å²) in [4.78, 5) is 13.8. The minimum Gasteiger partial charge on any atom is -0.368 e. The summed E-state index contributed by atoms with van der Waals surface area (Å²) in [5.74, 6) is 0.583. The van der Waals surface area contributed by atoms with E-state index < -0.39 is 4.92 Å². The molecule has 1 aromatic rings. The molecule has 0 saturated heterocycles. The number of nitro groups is 1. The van der Waals surface area contributed by atoms with Crippen LogP contribution in [0.1, 0.15) is 13.8 Å². The van der Waals surface area contributed by atoms with Gasteiger partial charge in [-0.1, -0.05) is 0 Å². The number of aromatic nitrogens is 1. The predicted molar refractivity (Wildman–Crippen MR) is 57.6 cm³/mol. The van der Waals surface area contributed by atoms with Crippen LogP contribution < -0.4 is 11.1 Å². The SMILES string of the molecule is CC(C)(N)CNc1ccc([N+](=O)[O-])cn1. The Morgan fingerprint density at radius 2 is 2.27 bits per heavy atom. The monoisotopic (exact) mass is 210 g/mol. The Kier molecular flexibility index (Phi) is 3.21. The maximum atomic E-state index is 10.4. The van der Waals surface area contributed by atoms with Crippen LogP contribution in [-0.2, 0) is 0 Å². The van der Waals surface area contributed by atoms with Crippen molar-refractivity contribution in [1.29, 1.82) is 0 Å². The van der Waals surface area contributed by atoms with Crippen molar-refractivity contribution in [2.75, 3.05) is 11.9 Å². The highest BCUT2D eigenvalue weighted by molar-refractivity contribution is 5.40. The fourth-order valence-electron chi connectivity index (χ4n) is 0.917. The first-order chi connectivity index (χ1) is 6.88. The first-order valence-corrected chi connectivity index (χ1v) is 4.52. The molecule has 0 fully saturated rings. The van der Waals surface area contributed by atoms with Crippen LogP contribution in [0, 0.1) is 10.1 Å². The van der Waals surface area contributed by atoms with Crippen LogP contribution in [0.5, 0.6) is 0 Å². The van der Waals surface area contributed by atoms with Crippen molar-refractivity contribution in [2.24, 2.45) is 5.73 Å². The third kappa shape index (κ3) is 3.90. The van der Waals surface area contributed by atoms with Crippen molar-refractivity contribution in [3.8, 4) is 0 Å². The molecule has 0 aromatic carbocycles. The van der Waals surface area contributed by atoms with E-state index in [1.807, 2.05) is 13.8 Å². The van der Waals surface area contributed by atoms with Crippen molar-refractivity contribution in [3.05, 3.63) is 28.4 Å². The van der Waals surface area contributed by atoms with Crippen LogP contribution in [0.25, 0.3) is 0 Å². The number of pyridine rings is 1. The highest BCUT2D eigenvalue weighted by Gasteiger charge is 2.10. The lowest BCUT2D eigenvalue weighted by atomic mass is 10.1. The molecule has 82 valence electrons. The van der Waals surface area contributed by atoms with E-state index in [1.165, 1.54) is 12.3 Å². The van der Waals surface area contributed by atoms with Crippen LogP contribution in [-0.4, -0.2) is 22.0 Å². The van der Waals surface area contributed by atoms with Crippen LogP contribution in [0.15, 0.2) is 18.3 Å². The molecule has 3 N–H and O–H groups in total. The van der Waals surface area contributed by atoms with Gasteiger partial charge in [0.2, 0.25) is 0 Å². The van der Waals surface area contributed by atoms with E-state index in [0.717, 1.165) is 0 Å². The van der Waals surface area contributed by atoms with Gasteiger partial charge in [-0.15, -0.1) is 0 Å². The Labute approximate surface area is 87.7 Å². The summed E-state index contributed by atoms with van der Waals surface area (Å²) >= 11 is 0. The average molecular weight is 210 g/mol. The first-order valence-electron chi connectivity index (χ1n) is 4.52. The lowest BCUT2D eigenvalue weighted by Crippen LogP contribution is -2.39. The summed E-state index contributed by atoms with van der Waals surface area (Å²) in [6, 6.07) is 2.96. The fourth-order valence-corrected chi connectivity index (χ4v) is 0.917. The Bertz CT molecular complexity index is 342. The van der Waals surface area contributed by atoms with Crippen molar-refractivity contribution in [1.82, 2.24) is 4.98 Å². The number of nitrogens with one attached hydrogen (secondary N) is 1. The fraction of sp³-hybridized carbons (Fsp3) is 0.444. The van der Waals surface area contributed by atoms with Gasteiger partial charge < -0.3 is 11.1 Å². The standard InChI is InChI=1S/C9H14N4O2/c1-9(2,10)6-12-8-4-3-7(5-11-8)13(14)15/h3-5H,6,10H2,1-2H3,(H,11,12). The summed E-state index contributed by atoms with van der Waals surface area (Å²) in [7, 11) is 0. The van der Waals surface area contributed by atoms with E-state index in [0.29, 0.717) is 12.4 Å². The van der Waals surface area contributed by atoms with Crippen molar-refractivity contribution >= 4 is 11.5 Å². The van der Waals surface area contributed by atoms with E-state index in [4.69, 9.17) is 5.73 Å². The molecule has 1 heterocycles. The Morgan fingerprint density at radius 3 is 2.67 bits per heavy atom. The molecule has 0 aliphatic carbocycles. The maximum Gasteiger partial charge on any atom is 0.287 e. The summed E-state index contributed by atoms with van der Waals surface area (Å²) in [6.07, 6.45) is 1.21. The van der Waals surface area contributed by atoms with Crippen molar-refractivity contribution in [3.63, 3.8) is 0 Å². The summed E-state index contributed by atoms with van der Waals surface area (Å²) in [5.41, 5.74) is 5.40. The molecule has 0 aliphatic heterocycles. The van der Waals surface area contributed by atoms with Gasteiger partial charge in [0.05, 0.1) is 4.92 Å². The second kappa shape index (κ2) is 4.22. The van der Waals surface area contributed by atoms with E-state index in [1.54, 1.807) is 6.07 Å². The summed E-state index contributed by atoms with van der Waals surface area (Å²) in [5, 5.41) is 13.3. The number of rotatable bonds is 4. The molecule has 0 radical (unpaired) electrons. The number of hydrogen-bond donors (Lipinski definition) is 2. The second-order valence-corrected chi connectivity index (χ2v) is 4.00. The Hall–Kier alpha value is -1.69. The quantitative estimate of drug-likeness (QED) is 0.574. The molecule has 0 aliphatic rings. The average Bonchev–Trinajstić information content (AvgIpc) is 2.14. The minimum absolute atomic E-state index is 0.0208. The van der Waals surface area contributed by atoms with Gasteiger partial charge in [-0.05, 0) is 19.9 Å². The maximum absolute atomic E-state index is 10.4. The number of anilines is 1. The molecule has 0 bridgehead atoms. The zero-order chi connectivity index (χ0) is 11.5. The molecule has 0 amide bonds. The number of nitrogens with two attached hydrogens (primary N) is 1. The van der Waals surface area contributed by atoms with Gasteiger partial charge in [-0.3, -0.25) is 10.1 Å². The van der Waals surface area contributed by atoms with Crippen LogP contribution in [0.3, 0.4) is 0 Å². The lowest BCUT2D eigenvalue weighted by molar-refractivity contribution is -0.385. The number of hydrogen-bond acceptors (Lipinski definition) is 5. The summed E-state index contributed by atoms with van der Waals surface area (Å²) < 4.78 is 0. The van der Waals surface area contributed by atoms with Crippen molar-refractivity contribution in [2.45, 2.75) is 19.4 Å². The lowest BCUT2D eigenvalue weighted by Gasteiger charge is -2.19. The first kappa shape index (κ1) is 11.4. The molecular formula is C9H14N4O2. The molecule has 0 atom stereocenters. The molecule has 15 heavy (non-hydrogen) atoms.